The van der Waals surface area contributed by atoms with E-state index in [1.165, 1.54) is 5.56 Å². The fraction of sp³-hybridized carbons (Fsp3) is 0.500. The molecule has 140 valence electrons. The number of aryl methyl sites for hydroxylation is 2. The van der Waals surface area contributed by atoms with Crippen molar-refractivity contribution in [1.82, 2.24) is 14.7 Å². The van der Waals surface area contributed by atoms with E-state index in [0.29, 0.717) is 6.54 Å². The molecule has 2 aromatic rings. The number of anilines is 1. The number of carbonyl (C=O) groups is 1. The summed E-state index contributed by atoms with van der Waals surface area (Å²) in [5.41, 5.74) is 4.75. The van der Waals surface area contributed by atoms with E-state index in [-0.39, 0.29) is 18.1 Å². The van der Waals surface area contributed by atoms with Crippen molar-refractivity contribution in [3.63, 3.8) is 0 Å². The molecule has 26 heavy (non-hydrogen) atoms. The molecule has 1 N–H and O–H groups in total. The van der Waals surface area contributed by atoms with Crippen molar-refractivity contribution in [2.75, 3.05) is 25.0 Å². The highest BCUT2D eigenvalue weighted by atomic mass is 16.5. The molecule has 0 bridgehead atoms. The number of rotatable bonds is 4. The van der Waals surface area contributed by atoms with Gasteiger partial charge in [-0.3, -0.25) is 9.69 Å². The third-order valence-corrected chi connectivity index (χ3v) is 4.70. The maximum atomic E-state index is 12.6. The molecule has 6 nitrogen and oxygen atoms in total. The van der Waals surface area contributed by atoms with Gasteiger partial charge in [0.15, 0.2) is 0 Å². The molecule has 1 aromatic heterocycles. The Morgan fingerprint density at radius 3 is 2.38 bits per heavy atom. The van der Waals surface area contributed by atoms with Crippen molar-refractivity contribution >= 4 is 11.6 Å². The van der Waals surface area contributed by atoms with Crippen LogP contribution in [-0.4, -0.2) is 52.4 Å². The maximum Gasteiger partial charge on any atom is 0.238 e. The van der Waals surface area contributed by atoms with E-state index in [9.17, 15) is 4.79 Å². The highest BCUT2D eigenvalue weighted by molar-refractivity contribution is 5.93. The van der Waals surface area contributed by atoms with Crippen LogP contribution in [0.2, 0.25) is 0 Å². The summed E-state index contributed by atoms with van der Waals surface area (Å²) in [4.78, 5) is 14.7. The summed E-state index contributed by atoms with van der Waals surface area (Å²) in [6.07, 6.45) is 0.304. The van der Waals surface area contributed by atoms with Crippen LogP contribution in [0.25, 0.3) is 5.69 Å². The minimum Gasteiger partial charge on any atom is -0.373 e. The van der Waals surface area contributed by atoms with Crippen LogP contribution in [0.5, 0.6) is 0 Å². The first-order valence-electron chi connectivity index (χ1n) is 9.14. The van der Waals surface area contributed by atoms with E-state index in [1.54, 1.807) is 0 Å². The average Bonchev–Trinajstić information content (AvgIpc) is 2.83. The number of morpholine rings is 1. The minimum atomic E-state index is -0.0130. The van der Waals surface area contributed by atoms with E-state index < -0.39 is 0 Å². The summed E-state index contributed by atoms with van der Waals surface area (Å²) in [6.45, 7) is 12.0. The van der Waals surface area contributed by atoms with Crippen LogP contribution in [0.1, 0.15) is 30.8 Å². The Balaban J connectivity index is 1.71. The zero-order valence-corrected chi connectivity index (χ0v) is 16.2. The Hall–Kier alpha value is -2.18. The molecule has 2 heterocycles. The molecular formula is C20H28N4O2. The van der Waals surface area contributed by atoms with E-state index in [4.69, 9.17) is 4.74 Å². The van der Waals surface area contributed by atoms with Gasteiger partial charge in [-0.05, 0) is 46.8 Å². The highest BCUT2D eigenvalue weighted by Gasteiger charge is 2.24. The fourth-order valence-corrected chi connectivity index (χ4v) is 3.56. The molecule has 1 saturated heterocycles. The minimum absolute atomic E-state index is 0.0130. The number of hydrogen-bond acceptors (Lipinski definition) is 4. The third-order valence-electron chi connectivity index (χ3n) is 4.70. The second-order valence-electron chi connectivity index (χ2n) is 7.29. The number of ether oxygens (including phenoxy) is 1. The summed E-state index contributed by atoms with van der Waals surface area (Å²) in [5.74, 6) is -0.0130. The molecule has 0 saturated carbocycles. The lowest BCUT2D eigenvalue weighted by molar-refractivity contribution is -0.121. The second-order valence-corrected chi connectivity index (χ2v) is 7.29. The maximum absolute atomic E-state index is 12.6. The van der Waals surface area contributed by atoms with Crippen molar-refractivity contribution in [3.05, 3.63) is 41.2 Å². The van der Waals surface area contributed by atoms with Gasteiger partial charge in [0.05, 0.1) is 41.5 Å². The van der Waals surface area contributed by atoms with Crippen molar-refractivity contribution in [2.45, 2.75) is 46.8 Å². The molecule has 0 spiro atoms. The predicted octanol–water partition coefficient (Wildman–Crippen LogP) is 2.85. The van der Waals surface area contributed by atoms with Crippen LogP contribution in [0.15, 0.2) is 24.3 Å². The molecular weight excluding hydrogens is 328 g/mol. The number of benzene rings is 1. The Morgan fingerprint density at radius 2 is 1.77 bits per heavy atom. The van der Waals surface area contributed by atoms with Gasteiger partial charge in [0.2, 0.25) is 5.91 Å². The van der Waals surface area contributed by atoms with E-state index in [0.717, 1.165) is 35.9 Å². The molecule has 2 atom stereocenters. The van der Waals surface area contributed by atoms with Crippen LogP contribution < -0.4 is 5.32 Å². The molecule has 1 aliphatic rings. The lowest BCUT2D eigenvalue weighted by Crippen LogP contribution is -2.48. The Kier molecular flexibility index (Phi) is 5.44. The third kappa shape index (κ3) is 4.14. The van der Waals surface area contributed by atoms with Crippen LogP contribution in [0.4, 0.5) is 5.69 Å². The number of nitrogens with zero attached hydrogens (tertiary/aromatic N) is 3. The zero-order valence-electron chi connectivity index (χ0n) is 16.2. The van der Waals surface area contributed by atoms with Crippen LogP contribution in [0, 0.1) is 20.8 Å². The van der Waals surface area contributed by atoms with Crippen molar-refractivity contribution in [3.8, 4) is 5.69 Å². The standard InChI is InChI=1S/C20H28N4O2/c1-13-6-8-18(9-7-13)24-17(5)20(16(4)22-24)21-19(25)12-23-10-14(2)26-15(3)11-23/h6-9,14-15H,10-12H2,1-5H3,(H,21,25). The zero-order chi connectivity index (χ0) is 18.8. The van der Waals surface area contributed by atoms with Gasteiger partial charge in [-0.15, -0.1) is 0 Å². The van der Waals surface area contributed by atoms with Crippen LogP contribution in [-0.2, 0) is 9.53 Å². The molecule has 3 rings (SSSR count). The van der Waals surface area contributed by atoms with Gasteiger partial charge in [-0.25, -0.2) is 4.68 Å². The molecule has 2 unspecified atom stereocenters. The number of aromatic nitrogens is 2. The first kappa shape index (κ1) is 18.6. The number of carbonyl (C=O) groups excluding carboxylic acids is 1. The smallest absolute Gasteiger partial charge is 0.238 e. The van der Waals surface area contributed by atoms with Crippen molar-refractivity contribution < 1.29 is 9.53 Å². The van der Waals surface area contributed by atoms with E-state index in [2.05, 4.69) is 34.4 Å². The Bertz CT molecular complexity index is 772. The fourth-order valence-electron chi connectivity index (χ4n) is 3.56. The molecule has 0 aliphatic carbocycles. The van der Waals surface area contributed by atoms with Gasteiger partial charge in [0.1, 0.15) is 0 Å². The molecule has 1 aromatic carbocycles. The van der Waals surface area contributed by atoms with Crippen LogP contribution in [0.3, 0.4) is 0 Å². The molecule has 1 aliphatic heterocycles. The average molecular weight is 356 g/mol. The monoisotopic (exact) mass is 356 g/mol. The first-order valence-corrected chi connectivity index (χ1v) is 9.14. The van der Waals surface area contributed by atoms with Gasteiger partial charge in [0.25, 0.3) is 0 Å². The summed E-state index contributed by atoms with van der Waals surface area (Å²) in [6, 6.07) is 8.20. The van der Waals surface area contributed by atoms with Gasteiger partial charge in [-0.1, -0.05) is 17.7 Å². The van der Waals surface area contributed by atoms with Crippen molar-refractivity contribution in [2.24, 2.45) is 0 Å². The van der Waals surface area contributed by atoms with E-state index >= 15 is 0 Å². The lowest BCUT2D eigenvalue weighted by Gasteiger charge is -2.34. The van der Waals surface area contributed by atoms with Gasteiger partial charge < -0.3 is 10.1 Å². The van der Waals surface area contributed by atoms with Gasteiger partial charge in [-0.2, -0.15) is 5.10 Å². The van der Waals surface area contributed by atoms with Crippen molar-refractivity contribution in [1.29, 1.82) is 0 Å². The van der Waals surface area contributed by atoms with Crippen LogP contribution >= 0.6 is 0 Å². The van der Waals surface area contributed by atoms with E-state index in [1.807, 2.05) is 44.5 Å². The number of amides is 1. The Labute approximate surface area is 155 Å². The first-order chi connectivity index (χ1) is 12.3. The normalized spacial score (nSPS) is 21.0. The molecule has 0 radical (unpaired) electrons. The molecule has 1 amide bonds. The highest BCUT2D eigenvalue weighted by Crippen LogP contribution is 2.23. The lowest BCUT2D eigenvalue weighted by atomic mass is 10.2. The largest absolute Gasteiger partial charge is 0.373 e. The summed E-state index contributed by atoms with van der Waals surface area (Å²) >= 11 is 0. The molecule has 6 heteroatoms. The SMILES string of the molecule is Cc1ccc(-n2nc(C)c(NC(=O)CN3CC(C)OC(C)C3)c2C)cc1. The quantitative estimate of drug-likeness (QED) is 0.915. The van der Waals surface area contributed by atoms with Gasteiger partial charge >= 0.3 is 0 Å². The number of nitrogens with one attached hydrogen (secondary N) is 1. The summed E-state index contributed by atoms with van der Waals surface area (Å²) in [7, 11) is 0. The summed E-state index contributed by atoms with van der Waals surface area (Å²) in [5, 5.41) is 7.65. The summed E-state index contributed by atoms with van der Waals surface area (Å²) < 4.78 is 7.61. The second kappa shape index (κ2) is 7.60. The Morgan fingerprint density at radius 1 is 1.15 bits per heavy atom. The number of hydrogen-bond donors (Lipinski definition) is 1. The van der Waals surface area contributed by atoms with Gasteiger partial charge in [0, 0.05) is 13.1 Å². The topological polar surface area (TPSA) is 59.4 Å². The predicted molar refractivity (Wildman–Crippen MR) is 103 cm³/mol. The molecule has 1 fully saturated rings.